The van der Waals surface area contributed by atoms with Gasteiger partial charge in [-0.05, 0) is 55.5 Å². The van der Waals surface area contributed by atoms with Crippen molar-refractivity contribution < 1.29 is 4.39 Å². The molecule has 1 aromatic carbocycles. The van der Waals surface area contributed by atoms with Gasteiger partial charge in [0.15, 0.2) is 11.5 Å². The van der Waals surface area contributed by atoms with E-state index in [9.17, 15) is 4.39 Å². The van der Waals surface area contributed by atoms with Gasteiger partial charge in [-0.1, -0.05) is 12.1 Å². The Balaban J connectivity index is 1.59. The van der Waals surface area contributed by atoms with E-state index < -0.39 is 5.82 Å². The predicted molar refractivity (Wildman–Crippen MR) is 148 cm³/mol. The van der Waals surface area contributed by atoms with Crippen molar-refractivity contribution in [2.24, 2.45) is 16.8 Å². The Morgan fingerprint density at radius 1 is 1.05 bits per heavy atom. The van der Waals surface area contributed by atoms with Crippen LogP contribution in [-0.4, -0.2) is 35.0 Å². The molecular weight excluding hydrogens is 497 g/mol. The van der Waals surface area contributed by atoms with Crippen LogP contribution >= 0.6 is 0 Å². The smallest absolute Gasteiger partial charge is 0.166 e. The minimum atomic E-state index is -0.527. The minimum absolute atomic E-state index is 0.109. The molecule has 7 N–H and O–H groups in total. The lowest BCUT2D eigenvalue weighted by Crippen LogP contribution is -2.32. The number of hydrogen-bond donors (Lipinski definition) is 4. The van der Waals surface area contributed by atoms with Crippen molar-refractivity contribution in [1.82, 2.24) is 34.6 Å². The molecule has 0 amide bonds. The molecule has 6 aromatic rings. The second-order valence-electron chi connectivity index (χ2n) is 8.94. The molecule has 39 heavy (non-hydrogen) atoms. The zero-order valence-corrected chi connectivity index (χ0v) is 20.8. The van der Waals surface area contributed by atoms with E-state index in [2.05, 4.69) is 35.9 Å². The van der Waals surface area contributed by atoms with E-state index in [4.69, 9.17) is 22.5 Å². The molecule has 0 radical (unpaired) electrons. The Morgan fingerprint density at radius 2 is 1.90 bits per heavy atom. The van der Waals surface area contributed by atoms with Gasteiger partial charge in [-0.3, -0.25) is 4.98 Å². The molecule has 0 saturated heterocycles. The number of hydrazone groups is 1. The van der Waals surface area contributed by atoms with Crippen LogP contribution < -0.4 is 22.8 Å². The normalized spacial score (nSPS) is 12.7. The van der Waals surface area contributed by atoms with Crippen LogP contribution in [0.2, 0.25) is 0 Å². The highest BCUT2D eigenvalue weighted by atomic mass is 19.1. The maximum Gasteiger partial charge on any atom is 0.166 e. The summed E-state index contributed by atoms with van der Waals surface area (Å²) in [5.74, 6) is 10.7. The van der Waals surface area contributed by atoms with Gasteiger partial charge in [0.05, 0.1) is 22.8 Å². The van der Waals surface area contributed by atoms with Crippen molar-refractivity contribution in [3.05, 3.63) is 96.3 Å². The van der Waals surface area contributed by atoms with Gasteiger partial charge in [0, 0.05) is 34.6 Å². The first-order valence-corrected chi connectivity index (χ1v) is 12.1. The van der Waals surface area contributed by atoms with Crippen LogP contribution in [0, 0.1) is 5.82 Å². The number of nitrogens with one attached hydrogen (secondary N) is 1. The molecule has 11 nitrogen and oxygen atoms in total. The lowest BCUT2D eigenvalue weighted by atomic mass is 10.0. The molecule has 0 aliphatic carbocycles. The first kappa shape index (κ1) is 24.0. The van der Waals surface area contributed by atoms with Crippen molar-refractivity contribution in [3.8, 4) is 22.6 Å². The summed E-state index contributed by atoms with van der Waals surface area (Å²) < 4.78 is 18.6. The van der Waals surface area contributed by atoms with Crippen molar-refractivity contribution >= 4 is 28.2 Å². The van der Waals surface area contributed by atoms with Gasteiger partial charge in [-0.25, -0.2) is 24.9 Å². The van der Waals surface area contributed by atoms with E-state index in [0.29, 0.717) is 27.9 Å². The maximum atomic E-state index is 14.8. The molecule has 194 valence electrons. The van der Waals surface area contributed by atoms with Crippen molar-refractivity contribution in [2.45, 2.75) is 13.0 Å². The number of pyridine rings is 2. The van der Waals surface area contributed by atoms with Gasteiger partial charge in [0.2, 0.25) is 0 Å². The number of anilines is 1. The monoisotopic (exact) mass is 521 g/mol. The number of aromatic nitrogens is 6. The largest absolute Gasteiger partial charge is 0.383 e. The van der Waals surface area contributed by atoms with Crippen LogP contribution in [0.15, 0.2) is 84.5 Å². The summed E-state index contributed by atoms with van der Waals surface area (Å²) in [7, 11) is 0. The third-order valence-corrected chi connectivity index (χ3v) is 6.66. The van der Waals surface area contributed by atoms with E-state index in [1.54, 1.807) is 16.9 Å². The highest BCUT2D eigenvalue weighted by Gasteiger charge is 2.25. The third-order valence-electron chi connectivity index (χ3n) is 6.66. The van der Waals surface area contributed by atoms with Gasteiger partial charge in [-0.2, -0.15) is 10.2 Å². The third kappa shape index (κ3) is 3.99. The highest BCUT2D eigenvalue weighted by Crippen LogP contribution is 2.37. The lowest BCUT2D eigenvalue weighted by Gasteiger charge is -2.15. The number of benzene rings is 1. The Morgan fingerprint density at radius 3 is 2.67 bits per heavy atom. The van der Waals surface area contributed by atoms with Crippen LogP contribution in [0.3, 0.4) is 0 Å². The molecule has 0 aliphatic heterocycles. The van der Waals surface area contributed by atoms with E-state index in [-0.39, 0.29) is 17.7 Å². The first-order chi connectivity index (χ1) is 19.0. The Labute approximate surface area is 221 Å². The van der Waals surface area contributed by atoms with Crippen molar-refractivity contribution in [1.29, 1.82) is 0 Å². The summed E-state index contributed by atoms with van der Waals surface area (Å²) in [6.45, 7) is 2.02. The summed E-state index contributed by atoms with van der Waals surface area (Å²) in [5, 5.41) is 9.00. The average molecular weight is 522 g/mol. The molecule has 12 heteroatoms. The molecule has 1 unspecified atom stereocenters. The standard InChI is InChI=1S/C27H24FN11/c1-15(20-13-19-6-3-5-9-38(19)24(20)21-7-2-4-8-32-21)39-27-22(25(29)33-14-34-27)23(37-39)16-10-17(12-18(28)11-16)26(35-30)36-31/h2-15H,30-31H2,1H3,(H,35,36)(H2,29,33,34). The maximum absolute atomic E-state index is 14.8. The van der Waals surface area contributed by atoms with Gasteiger partial charge in [-0.15, -0.1) is 0 Å². The molecule has 5 heterocycles. The fraction of sp³-hybridized carbons (Fsp3) is 0.0741. The quantitative estimate of drug-likeness (QED) is 0.116. The van der Waals surface area contributed by atoms with Crippen molar-refractivity contribution in [3.63, 3.8) is 0 Å². The fourth-order valence-electron chi connectivity index (χ4n) is 4.89. The zero-order chi connectivity index (χ0) is 27.1. The number of hydrazine groups is 1. The van der Waals surface area contributed by atoms with Crippen LogP contribution in [0.25, 0.3) is 39.2 Å². The SMILES string of the molecule is CC(c1cc2ccccn2c1-c1ccccn1)n1nc(-c2cc(F)cc(/C(=N/N)NN)c2)c2c(N)ncnc21. The highest BCUT2D eigenvalue weighted by molar-refractivity contribution is 6.02. The molecule has 1 atom stereocenters. The molecule has 0 aliphatic rings. The number of nitrogen functional groups attached to an aromatic ring is 1. The van der Waals surface area contributed by atoms with E-state index >= 15 is 0 Å². The van der Waals surface area contributed by atoms with E-state index in [0.717, 1.165) is 22.5 Å². The van der Waals surface area contributed by atoms with Gasteiger partial charge < -0.3 is 21.4 Å². The van der Waals surface area contributed by atoms with Crippen LogP contribution in [0.1, 0.15) is 24.1 Å². The summed E-state index contributed by atoms with van der Waals surface area (Å²) in [4.78, 5) is 13.3. The molecule has 0 bridgehead atoms. The van der Waals surface area contributed by atoms with Gasteiger partial charge in [0.25, 0.3) is 0 Å². The Kier molecular flexibility index (Phi) is 5.85. The van der Waals surface area contributed by atoms with Crippen LogP contribution in [0.4, 0.5) is 10.2 Å². The lowest BCUT2D eigenvalue weighted by molar-refractivity contribution is 0.581. The van der Waals surface area contributed by atoms with E-state index in [1.165, 1.54) is 18.5 Å². The topological polar surface area (TPSA) is 163 Å². The zero-order valence-electron chi connectivity index (χ0n) is 20.8. The molecule has 6 rings (SSSR count). The number of rotatable bonds is 5. The van der Waals surface area contributed by atoms with Crippen LogP contribution in [0.5, 0.6) is 0 Å². The predicted octanol–water partition coefficient (Wildman–Crippen LogP) is 3.22. The molecule has 0 spiro atoms. The Hall–Kier alpha value is -5.36. The van der Waals surface area contributed by atoms with E-state index in [1.807, 2.05) is 49.5 Å². The first-order valence-electron chi connectivity index (χ1n) is 12.1. The molecule has 0 fully saturated rings. The molecule has 0 saturated carbocycles. The second-order valence-corrected chi connectivity index (χ2v) is 8.94. The summed E-state index contributed by atoms with van der Waals surface area (Å²) >= 11 is 0. The number of amidine groups is 1. The van der Waals surface area contributed by atoms with Gasteiger partial charge >= 0.3 is 0 Å². The second kappa shape index (κ2) is 9.50. The number of fused-ring (bicyclic) bond motifs is 2. The molecule has 5 aromatic heterocycles. The van der Waals surface area contributed by atoms with Crippen molar-refractivity contribution in [2.75, 3.05) is 5.73 Å². The molecular formula is C27H24FN11. The summed E-state index contributed by atoms with van der Waals surface area (Å²) in [5.41, 5.74) is 14.1. The summed E-state index contributed by atoms with van der Waals surface area (Å²) in [6, 6.07) is 17.9. The number of nitrogens with zero attached hydrogens (tertiary/aromatic N) is 7. The number of hydrogen-bond acceptors (Lipinski definition) is 8. The number of halogens is 1. The Bertz CT molecular complexity index is 1860. The fourth-order valence-corrected chi connectivity index (χ4v) is 4.89. The number of nitrogens with two attached hydrogens (primary N) is 3. The minimum Gasteiger partial charge on any atom is -0.383 e. The summed E-state index contributed by atoms with van der Waals surface area (Å²) in [6.07, 6.45) is 5.15. The van der Waals surface area contributed by atoms with Crippen LogP contribution in [-0.2, 0) is 0 Å². The van der Waals surface area contributed by atoms with Gasteiger partial charge in [0.1, 0.15) is 23.7 Å². The average Bonchev–Trinajstić information content (AvgIpc) is 3.54.